The van der Waals surface area contributed by atoms with E-state index in [1.165, 1.54) is 24.8 Å². The number of benzene rings is 4. The van der Waals surface area contributed by atoms with Gasteiger partial charge in [0.05, 0.1) is 33.2 Å². The van der Waals surface area contributed by atoms with Crippen molar-refractivity contribution in [3.63, 3.8) is 0 Å². The molecule has 10 rings (SSSR count). The Labute approximate surface area is 338 Å². The van der Waals surface area contributed by atoms with Crippen molar-refractivity contribution >= 4 is 72.4 Å². The molecule has 0 amide bonds. The van der Waals surface area contributed by atoms with Crippen molar-refractivity contribution in [3.05, 3.63) is 184 Å². The molecule has 6 aromatic heterocycles. The van der Waals surface area contributed by atoms with Gasteiger partial charge in [0.15, 0.2) is 10.9 Å². The molecule has 0 spiro atoms. The van der Waals surface area contributed by atoms with Crippen LogP contribution in [0.4, 0.5) is 0 Å². The molecule has 0 radical (unpaired) electrons. The summed E-state index contributed by atoms with van der Waals surface area (Å²) in [5, 5.41) is 20.7. The number of pyridine rings is 4. The highest BCUT2D eigenvalue weighted by Gasteiger charge is 2.14. The third-order valence-corrected chi connectivity index (χ3v) is 9.78. The Kier molecular flexibility index (Phi) is 10.9. The van der Waals surface area contributed by atoms with Crippen LogP contribution in [-0.2, 0) is 0 Å². The molecule has 6 heterocycles. The number of hydrogen-bond acceptors (Lipinski definition) is 10. The average Bonchev–Trinajstić information content (AvgIpc) is 3.27. The third-order valence-electron chi connectivity index (χ3n) is 9.18. The van der Waals surface area contributed by atoms with Crippen molar-refractivity contribution in [1.82, 2.24) is 39.9 Å². The van der Waals surface area contributed by atoms with Crippen molar-refractivity contribution < 1.29 is 10.0 Å². The van der Waals surface area contributed by atoms with Crippen LogP contribution in [0.3, 0.4) is 0 Å². The normalized spacial score (nSPS) is 10.8. The van der Waals surface area contributed by atoms with E-state index in [0.29, 0.717) is 27.5 Å². The summed E-state index contributed by atoms with van der Waals surface area (Å²) in [5.41, 5.74) is 8.72. The van der Waals surface area contributed by atoms with Gasteiger partial charge >= 0.3 is 7.12 Å². The molecule has 12 nitrogen and oxygen atoms in total. The monoisotopic (exact) mass is 824 g/mol. The molecule has 58 heavy (non-hydrogen) atoms. The molecular weight excluding hydrogens is 795 g/mol. The van der Waals surface area contributed by atoms with Gasteiger partial charge < -0.3 is 20.0 Å². The minimum atomic E-state index is -1.44. The molecule has 0 saturated carbocycles. The van der Waals surface area contributed by atoms with Gasteiger partial charge in [0, 0.05) is 68.9 Å². The largest absolute Gasteiger partial charge is 0.488 e. The Balaban J connectivity index is 0.000000131. The quantitative estimate of drug-likeness (QED) is 0.137. The lowest BCUT2D eigenvalue weighted by molar-refractivity contribution is 0.426. The average molecular weight is 825 g/mol. The number of nitrogens with zero attached hydrogens (tertiary/aromatic N) is 6. The van der Waals surface area contributed by atoms with E-state index >= 15 is 0 Å². The maximum Gasteiger partial charge on any atom is 0.488 e. The molecule has 0 atom stereocenters. The van der Waals surface area contributed by atoms with E-state index in [4.69, 9.17) is 15.0 Å². The standard InChI is InChI=1S/C22H14N4O.C14H9BrN2O.C8H7BN2O2/c27-20-8-9-24-22-18(20)11-17(21(26-22)14-4-2-1-3-5-14)15-6-7-19-16(10-15)12-23-13-25-19;15-11-8-10-12(18)6-7-16-14(10)17-13(11)9-4-2-1-3-5-9;12-9(13)7-1-2-8-6(3-7)4-10-5-11-8/h1-13H,(H,24,26,27);1-8H,(H,16,17,18);1-5,12-13H. The van der Waals surface area contributed by atoms with Crippen LogP contribution in [0, 0.1) is 0 Å². The van der Waals surface area contributed by atoms with E-state index < -0.39 is 7.12 Å². The smallest absolute Gasteiger partial charge is 0.423 e. The first-order valence-electron chi connectivity index (χ1n) is 17.9. The molecule has 0 unspecified atom stereocenters. The lowest BCUT2D eigenvalue weighted by Crippen LogP contribution is -2.29. The van der Waals surface area contributed by atoms with Gasteiger partial charge in [-0.15, -0.1) is 0 Å². The summed E-state index contributed by atoms with van der Waals surface area (Å²) in [6.45, 7) is 0. The molecule has 0 bridgehead atoms. The minimum Gasteiger partial charge on any atom is -0.423 e. The predicted octanol–water partition coefficient (Wildman–Crippen LogP) is 6.86. The Hall–Kier alpha value is -7.26. The van der Waals surface area contributed by atoms with E-state index in [0.717, 1.165) is 59.9 Å². The van der Waals surface area contributed by atoms with Gasteiger partial charge in [0.25, 0.3) is 0 Å². The van der Waals surface area contributed by atoms with Crippen molar-refractivity contribution in [2.75, 3.05) is 0 Å². The second-order valence-electron chi connectivity index (χ2n) is 12.9. The number of aromatic nitrogens is 8. The predicted molar refractivity (Wildman–Crippen MR) is 231 cm³/mol. The van der Waals surface area contributed by atoms with Crippen LogP contribution in [0.1, 0.15) is 0 Å². The maximum atomic E-state index is 12.3. The molecule has 0 aliphatic carbocycles. The molecule has 4 aromatic carbocycles. The van der Waals surface area contributed by atoms with Crippen molar-refractivity contribution in [2.24, 2.45) is 0 Å². The van der Waals surface area contributed by atoms with Crippen LogP contribution in [0.15, 0.2) is 173 Å². The molecule has 0 fully saturated rings. The number of halogens is 1. The number of hydrogen-bond donors (Lipinski definition) is 4. The molecule has 0 aliphatic heterocycles. The fourth-order valence-electron chi connectivity index (χ4n) is 6.32. The number of fused-ring (bicyclic) bond motifs is 4. The third kappa shape index (κ3) is 8.15. The van der Waals surface area contributed by atoms with Gasteiger partial charge in [-0.3, -0.25) is 9.59 Å². The molecule has 280 valence electrons. The van der Waals surface area contributed by atoms with Crippen molar-refractivity contribution in [1.29, 1.82) is 0 Å². The highest BCUT2D eigenvalue weighted by molar-refractivity contribution is 9.10. The first kappa shape index (κ1) is 37.7. The Bertz CT molecular complexity index is 3190. The molecule has 10 aromatic rings. The summed E-state index contributed by atoms with van der Waals surface area (Å²) in [4.78, 5) is 55.6. The zero-order valence-corrected chi connectivity index (χ0v) is 31.9. The lowest BCUT2D eigenvalue weighted by Gasteiger charge is -2.12. The number of rotatable bonds is 4. The van der Waals surface area contributed by atoms with Gasteiger partial charge in [-0.25, -0.2) is 29.9 Å². The summed E-state index contributed by atoms with van der Waals surface area (Å²) in [6, 6.07) is 37.5. The van der Waals surface area contributed by atoms with Crippen LogP contribution in [0.25, 0.3) is 77.5 Å². The summed E-state index contributed by atoms with van der Waals surface area (Å²) in [7, 11) is -1.44. The molecule has 0 aliphatic rings. The summed E-state index contributed by atoms with van der Waals surface area (Å²) >= 11 is 3.47. The second-order valence-corrected chi connectivity index (χ2v) is 13.8. The summed E-state index contributed by atoms with van der Waals surface area (Å²) < 4.78 is 0.818. The van der Waals surface area contributed by atoms with Crippen LogP contribution in [0.2, 0.25) is 0 Å². The lowest BCUT2D eigenvalue weighted by atomic mass is 9.80. The van der Waals surface area contributed by atoms with Crippen LogP contribution in [0.5, 0.6) is 0 Å². The number of aromatic amines is 2. The van der Waals surface area contributed by atoms with Gasteiger partial charge in [0.1, 0.15) is 23.9 Å². The first-order chi connectivity index (χ1) is 28.3. The molecular formula is C44H30BBrN8O4. The maximum absolute atomic E-state index is 12.3. The van der Waals surface area contributed by atoms with E-state index in [9.17, 15) is 9.59 Å². The fraction of sp³-hybridized carbons (Fsp3) is 0. The van der Waals surface area contributed by atoms with Gasteiger partial charge in [0.2, 0.25) is 0 Å². The Morgan fingerprint density at radius 2 is 1.09 bits per heavy atom. The Morgan fingerprint density at radius 1 is 0.552 bits per heavy atom. The van der Waals surface area contributed by atoms with Crippen molar-refractivity contribution in [3.8, 4) is 33.6 Å². The topological polar surface area (TPSA) is 184 Å². The summed E-state index contributed by atoms with van der Waals surface area (Å²) in [6.07, 6.45) is 9.65. The fourth-order valence-corrected chi connectivity index (χ4v) is 6.87. The van der Waals surface area contributed by atoms with Crippen LogP contribution < -0.4 is 16.3 Å². The van der Waals surface area contributed by atoms with Crippen LogP contribution >= 0.6 is 15.9 Å². The van der Waals surface area contributed by atoms with E-state index in [1.54, 1.807) is 43.0 Å². The Morgan fingerprint density at radius 3 is 1.69 bits per heavy atom. The van der Waals surface area contributed by atoms with E-state index in [1.807, 2.05) is 91.0 Å². The first-order valence-corrected chi connectivity index (χ1v) is 18.7. The molecule has 0 saturated heterocycles. The molecule has 14 heteroatoms. The van der Waals surface area contributed by atoms with Gasteiger partial charge in [-0.05, 0) is 57.3 Å². The van der Waals surface area contributed by atoms with Gasteiger partial charge in [-0.1, -0.05) is 78.9 Å². The van der Waals surface area contributed by atoms with E-state index in [2.05, 4.69) is 50.8 Å². The molecule has 4 N–H and O–H groups in total. The summed E-state index contributed by atoms with van der Waals surface area (Å²) in [5.74, 6) is 0. The van der Waals surface area contributed by atoms with Crippen LogP contribution in [-0.4, -0.2) is 57.0 Å². The van der Waals surface area contributed by atoms with E-state index in [-0.39, 0.29) is 10.9 Å². The number of nitrogens with one attached hydrogen (secondary N) is 2. The zero-order valence-electron chi connectivity index (χ0n) is 30.4. The second kappa shape index (κ2) is 16.9. The highest BCUT2D eigenvalue weighted by Crippen LogP contribution is 2.33. The SMILES string of the molecule is O=c1cc[nH]c2nc(-c3ccccc3)c(-c3ccc4ncncc4c3)cc12.O=c1cc[nH]c2nc(-c3ccccc3)c(Br)cc12.OB(O)c1ccc2ncncc2c1. The minimum absolute atomic E-state index is 0.0310. The highest BCUT2D eigenvalue weighted by atomic mass is 79.9. The zero-order chi connectivity index (χ0) is 40.0. The van der Waals surface area contributed by atoms with Gasteiger partial charge in [-0.2, -0.15) is 0 Å². The van der Waals surface area contributed by atoms with Crippen molar-refractivity contribution in [2.45, 2.75) is 0 Å². The number of H-pyrrole nitrogens is 2.